The Morgan fingerprint density at radius 3 is 2.58 bits per heavy atom. The molecule has 26 heavy (non-hydrogen) atoms. The fourth-order valence-corrected chi connectivity index (χ4v) is 6.39. The van der Waals surface area contributed by atoms with Crippen molar-refractivity contribution in [1.29, 1.82) is 0 Å². The number of carbonyl (C=O) groups excluding carboxylic acids is 1. The highest BCUT2D eigenvalue weighted by Crippen LogP contribution is 2.54. The largest absolute Gasteiger partial charge is 0.392 e. The molecule has 2 aliphatic carbocycles. The lowest BCUT2D eigenvalue weighted by atomic mass is 9.57. The Morgan fingerprint density at radius 2 is 1.85 bits per heavy atom. The Morgan fingerprint density at radius 1 is 1.08 bits per heavy atom. The maximum absolute atomic E-state index is 12.3. The van der Waals surface area contributed by atoms with Crippen molar-refractivity contribution in [2.75, 3.05) is 39.9 Å². The zero-order chi connectivity index (χ0) is 18.2. The van der Waals surface area contributed by atoms with Gasteiger partial charge in [0.25, 0.3) is 0 Å². The summed E-state index contributed by atoms with van der Waals surface area (Å²) in [5.74, 6) is 0.0701. The van der Waals surface area contributed by atoms with Crippen LogP contribution in [0.1, 0.15) is 64.2 Å². The molecule has 148 valence electrons. The summed E-state index contributed by atoms with van der Waals surface area (Å²) in [7, 11) is 1.58. The topological polar surface area (TPSA) is 53.0 Å². The first-order chi connectivity index (χ1) is 12.6. The van der Waals surface area contributed by atoms with Gasteiger partial charge in [0.1, 0.15) is 6.61 Å². The number of hydrogen-bond donors (Lipinski definition) is 1. The Balaban J connectivity index is 1.39. The van der Waals surface area contributed by atoms with Crippen LogP contribution in [0.25, 0.3) is 0 Å². The van der Waals surface area contributed by atoms with Crippen LogP contribution in [0.3, 0.4) is 0 Å². The molecule has 1 N–H and O–H groups in total. The monoisotopic (exact) mass is 364 g/mol. The maximum atomic E-state index is 12.3. The minimum absolute atomic E-state index is 0.0701. The normalized spacial score (nSPS) is 35.6. The smallest absolute Gasteiger partial charge is 0.248 e. The van der Waals surface area contributed by atoms with Crippen LogP contribution in [0.5, 0.6) is 0 Å². The molecule has 1 amide bonds. The summed E-state index contributed by atoms with van der Waals surface area (Å²) in [6.07, 6.45) is 12.5. The molecule has 0 aromatic carbocycles. The number of piperidine rings is 2. The van der Waals surface area contributed by atoms with E-state index in [0.717, 1.165) is 38.9 Å². The summed E-state index contributed by atoms with van der Waals surface area (Å²) >= 11 is 0. The summed E-state index contributed by atoms with van der Waals surface area (Å²) < 4.78 is 5.04. The van der Waals surface area contributed by atoms with Gasteiger partial charge in [0.15, 0.2) is 0 Å². The average Bonchev–Trinajstić information content (AvgIpc) is 2.63. The van der Waals surface area contributed by atoms with Crippen LogP contribution >= 0.6 is 0 Å². The maximum Gasteiger partial charge on any atom is 0.248 e. The molecule has 4 aliphatic rings. The van der Waals surface area contributed by atoms with E-state index in [1.165, 1.54) is 44.9 Å². The summed E-state index contributed by atoms with van der Waals surface area (Å²) in [6.45, 7) is 3.65. The SMILES string of the molecule is COCC(=O)N1CCC[C@]2(C1)CN(C1CC3(CCCCC3)C1)CCC2O. The van der Waals surface area contributed by atoms with Crippen molar-refractivity contribution in [3.8, 4) is 0 Å². The number of aliphatic hydroxyl groups excluding tert-OH is 1. The van der Waals surface area contributed by atoms with Gasteiger partial charge in [0.2, 0.25) is 5.91 Å². The predicted octanol–water partition coefficient (Wildman–Crippen LogP) is 2.42. The minimum atomic E-state index is -0.277. The van der Waals surface area contributed by atoms with Crippen molar-refractivity contribution in [2.24, 2.45) is 10.8 Å². The molecule has 0 aromatic heterocycles. The van der Waals surface area contributed by atoms with Gasteiger partial charge < -0.3 is 14.7 Å². The first kappa shape index (κ1) is 18.7. The number of amides is 1. The Labute approximate surface area is 158 Å². The minimum Gasteiger partial charge on any atom is -0.392 e. The first-order valence-electron chi connectivity index (χ1n) is 10.7. The van der Waals surface area contributed by atoms with Gasteiger partial charge in [-0.05, 0) is 50.4 Å². The highest BCUT2D eigenvalue weighted by Gasteiger charge is 2.52. The van der Waals surface area contributed by atoms with Crippen LogP contribution in [-0.4, -0.2) is 72.9 Å². The molecule has 2 heterocycles. The van der Waals surface area contributed by atoms with E-state index < -0.39 is 0 Å². The van der Waals surface area contributed by atoms with Crippen molar-refractivity contribution in [3.05, 3.63) is 0 Å². The Bertz CT molecular complexity index is 511. The number of ether oxygens (including phenoxy) is 1. The number of carbonyl (C=O) groups is 1. The molecule has 2 saturated heterocycles. The molecule has 0 aromatic rings. The number of rotatable bonds is 3. The van der Waals surface area contributed by atoms with Gasteiger partial charge >= 0.3 is 0 Å². The van der Waals surface area contributed by atoms with Gasteiger partial charge in [-0.15, -0.1) is 0 Å². The summed E-state index contributed by atoms with van der Waals surface area (Å²) in [6, 6.07) is 0.711. The molecule has 2 atom stereocenters. The quantitative estimate of drug-likeness (QED) is 0.836. The van der Waals surface area contributed by atoms with Crippen LogP contribution in [0, 0.1) is 10.8 Å². The zero-order valence-electron chi connectivity index (χ0n) is 16.4. The molecule has 2 saturated carbocycles. The number of aliphatic hydroxyl groups is 1. The third-order valence-corrected chi connectivity index (χ3v) is 7.91. The van der Waals surface area contributed by atoms with Crippen molar-refractivity contribution in [2.45, 2.75) is 76.4 Å². The fourth-order valence-electron chi connectivity index (χ4n) is 6.39. The number of methoxy groups -OCH3 is 1. The van der Waals surface area contributed by atoms with Crippen LogP contribution in [0.15, 0.2) is 0 Å². The van der Waals surface area contributed by atoms with E-state index in [2.05, 4.69) is 4.90 Å². The predicted molar refractivity (Wildman–Crippen MR) is 101 cm³/mol. The summed E-state index contributed by atoms with van der Waals surface area (Å²) in [5, 5.41) is 10.9. The molecular formula is C21H36N2O3. The highest BCUT2D eigenvalue weighted by atomic mass is 16.5. The van der Waals surface area contributed by atoms with Crippen LogP contribution in [0.4, 0.5) is 0 Å². The fraction of sp³-hybridized carbons (Fsp3) is 0.952. The van der Waals surface area contributed by atoms with Crippen LogP contribution < -0.4 is 0 Å². The third-order valence-electron chi connectivity index (χ3n) is 7.91. The molecule has 0 radical (unpaired) electrons. The van der Waals surface area contributed by atoms with Gasteiger partial charge in [-0.1, -0.05) is 19.3 Å². The zero-order valence-corrected chi connectivity index (χ0v) is 16.4. The van der Waals surface area contributed by atoms with E-state index in [1.807, 2.05) is 4.90 Å². The second-order valence-corrected chi connectivity index (χ2v) is 9.61. The lowest BCUT2D eigenvalue weighted by Crippen LogP contribution is -2.63. The molecule has 4 rings (SSSR count). The second-order valence-electron chi connectivity index (χ2n) is 9.61. The number of likely N-dealkylation sites (tertiary alicyclic amines) is 2. The van der Waals surface area contributed by atoms with E-state index in [9.17, 15) is 9.90 Å². The van der Waals surface area contributed by atoms with E-state index in [4.69, 9.17) is 4.74 Å². The summed E-state index contributed by atoms with van der Waals surface area (Å²) in [5.41, 5.74) is 0.522. The molecule has 2 aliphatic heterocycles. The second kappa shape index (κ2) is 7.40. The van der Waals surface area contributed by atoms with Gasteiger partial charge in [0.05, 0.1) is 6.10 Å². The molecule has 1 unspecified atom stereocenters. The lowest BCUT2D eigenvalue weighted by molar-refractivity contribution is -0.149. The number of nitrogens with zero attached hydrogens (tertiary/aromatic N) is 2. The van der Waals surface area contributed by atoms with Crippen molar-refractivity contribution in [3.63, 3.8) is 0 Å². The molecule has 0 bridgehead atoms. The average molecular weight is 365 g/mol. The highest BCUT2D eigenvalue weighted by molar-refractivity contribution is 5.77. The third kappa shape index (κ3) is 3.43. The van der Waals surface area contributed by atoms with Gasteiger partial charge in [0, 0.05) is 44.7 Å². The molecule has 5 heteroatoms. The van der Waals surface area contributed by atoms with Crippen molar-refractivity contribution < 1.29 is 14.6 Å². The standard InChI is InChI=1S/C21H36N2O3/c1-26-14-19(25)23-10-5-9-21(16-23)15-22(11-6-18(21)24)17-12-20(13-17)7-3-2-4-8-20/h17-18,24H,2-16H2,1H3/t18?,21-/m1/s1. The number of hydrogen-bond acceptors (Lipinski definition) is 4. The first-order valence-corrected chi connectivity index (χ1v) is 10.7. The summed E-state index contributed by atoms with van der Waals surface area (Å²) in [4.78, 5) is 16.9. The molecular weight excluding hydrogens is 328 g/mol. The van der Waals surface area contributed by atoms with Gasteiger partial charge in [-0.25, -0.2) is 0 Å². The van der Waals surface area contributed by atoms with Crippen molar-refractivity contribution in [1.82, 2.24) is 9.80 Å². The molecule has 5 nitrogen and oxygen atoms in total. The van der Waals surface area contributed by atoms with E-state index in [1.54, 1.807) is 7.11 Å². The Hall–Kier alpha value is -0.650. The Kier molecular flexibility index (Phi) is 5.32. The van der Waals surface area contributed by atoms with Crippen LogP contribution in [0.2, 0.25) is 0 Å². The van der Waals surface area contributed by atoms with Crippen LogP contribution in [-0.2, 0) is 9.53 Å². The lowest BCUT2D eigenvalue weighted by Gasteiger charge is -2.58. The molecule has 4 fully saturated rings. The van der Waals surface area contributed by atoms with E-state index in [0.29, 0.717) is 18.0 Å². The van der Waals surface area contributed by atoms with Crippen molar-refractivity contribution >= 4 is 5.91 Å². The van der Waals surface area contributed by atoms with Gasteiger partial charge in [-0.3, -0.25) is 9.69 Å². The van der Waals surface area contributed by atoms with E-state index >= 15 is 0 Å². The van der Waals surface area contributed by atoms with E-state index in [-0.39, 0.29) is 24.0 Å². The van der Waals surface area contributed by atoms with Gasteiger partial charge in [-0.2, -0.15) is 0 Å². The molecule has 2 spiro atoms.